The number of aliphatic hydroxyl groups excluding tert-OH is 1. The van der Waals surface area contributed by atoms with Gasteiger partial charge in [-0.25, -0.2) is 14.5 Å². The second kappa shape index (κ2) is 6.01. The van der Waals surface area contributed by atoms with Crippen LogP contribution < -0.4 is 0 Å². The Kier molecular flexibility index (Phi) is 4.99. The predicted molar refractivity (Wildman–Crippen MR) is 73.5 cm³/mol. The second-order valence-electron chi connectivity index (χ2n) is 6.62. The highest BCUT2D eigenvalue weighted by atomic mass is 16.6. The molecule has 2 amide bonds. The summed E-state index contributed by atoms with van der Waals surface area (Å²) < 4.78 is 5.08. The summed E-state index contributed by atoms with van der Waals surface area (Å²) >= 11 is 0. The van der Waals surface area contributed by atoms with E-state index in [2.05, 4.69) is 0 Å². The number of carboxylic acid groups (broad SMARTS) is 1. The van der Waals surface area contributed by atoms with E-state index in [4.69, 9.17) is 4.74 Å². The Morgan fingerprint density at radius 1 is 1.33 bits per heavy atom. The number of aliphatic hydroxyl groups is 1. The Labute approximate surface area is 123 Å². The van der Waals surface area contributed by atoms with Crippen molar-refractivity contribution in [2.45, 2.75) is 58.8 Å². The molecule has 0 spiro atoms. The smallest absolute Gasteiger partial charge is 0.417 e. The van der Waals surface area contributed by atoms with Crippen molar-refractivity contribution >= 4 is 18.0 Å². The molecule has 0 aromatic heterocycles. The molecule has 21 heavy (non-hydrogen) atoms. The first-order chi connectivity index (χ1) is 9.45. The van der Waals surface area contributed by atoms with Gasteiger partial charge in [-0.05, 0) is 33.1 Å². The maximum absolute atomic E-state index is 12.3. The summed E-state index contributed by atoms with van der Waals surface area (Å²) in [6, 6.07) is -1.30. The number of hydrogen-bond acceptors (Lipinski definition) is 5. The van der Waals surface area contributed by atoms with Gasteiger partial charge in [-0.3, -0.25) is 4.79 Å². The topological polar surface area (TPSA) is 104 Å². The molecule has 0 bridgehead atoms. The Bertz CT molecular complexity index is 439. The molecule has 1 heterocycles. The van der Waals surface area contributed by atoms with Crippen molar-refractivity contribution in [2.24, 2.45) is 11.8 Å². The van der Waals surface area contributed by atoms with Crippen molar-refractivity contribution in [3.05, 3.63) is 0 Å². The van der Waals surface area contributed by atoms with Gasteiger partial charge in [-0.2, -0.15) is 0 Å². The van der Waals surface area contributed by atoms with Gasteiger partial charge in [0.25, 0.3) is 0 Å². The lowest BCUT2D eigenvalue weighted by Crippen LogP contribution is -2.46. The number of rotatable bonds is 3. The molecule has 0 aromatic carbocycles. The molecule has 1 aliphatic heterocycles. The summed E-state index contributed by atoms with van der Waals surface area (Å²) in [5, 5.41) is 19.2. The van der Waals surface area contributed by atoms with Gasteiger partial charge in [0, 0.05) is 0 Å². The predicted octanol–water partition coefficient (Wildman–Crippen LogP) is 1.24. The number of amides is 2. The molecule has 7 heteroatoms. The zero-order valence-corrected chi connectivity index (χ0v) is 13.0. The van der Waals surface area contributed by atoms with Crippen molar-refractivity contribution in [1.82, 2.24) is 4.90 Å². The molecule has 0 aromatic rings. The van der Waals surface area contributed by atoms with Crippen LogP contribution in [0.15, 0.2) is 0 Å². The minimum absolute atomic E-state index is 0.104. The van der Waals surface area contributed by atoms with Crippen LogP contribution in [0.2, 0.25) is 0 Å². The standard InChI is InChI=1S/C14H23NO6/c1-7(2)10(16)8-6-9(12(18)19)15(11(8)17)13(20)21-14(3,4)5/h7-10,16H,6H2,1-5H3,(H,18,19)/t8?,9?,10-/m0/s1. The van der Waals surface area contributed by atoms with Crippen LogP contribution in [0.25, 0.3) is 0 Å². The number of nitrogens with zero attached hydrogens (tertiary/aromatic N) is 1. The van der Waals surface area contributed by atoms with Crippen LogP contribution in [-0.2, 0) is 14.3 Å². The summed E-state index contributed by atoms with van der Waals surface area (Å²) in [4.78, 5) is 36.3. The number of imide groups is 1. The van der Waals surface area contributed by atoms with Crippen LogP contribution >= 0.6 is 0 Å². The average Bonchev–Trinajstić information content (AvgIpc) is 2.63. The molecule has 3 atom stereocenters. The molecule has 2 unspecified atom stereocenters. The number of carboxylic acids is 1. The average molecular weight is 301 g/mol. The van der Waals surface area contributed by atoms with E-state index in [1.807, 2.05) is 0 Å². The highest BCUT2D eigenvalue weighted by Crippen LogP contribution is 2.31. The molecule has 1 saturated heterocycles. The molecule has 0 saturated carbocycles. The fourth-order valence-corrected chi connectivity index (χ4v) is 2.27. The van der Waals surface area contributed by atoms with Crippen molar-refractivity contribution in [3.63, 3.8) is 0 Å². The van der Waals surface area contributed by atoms with Crippen LogP contribution in [0.4, 0.5) is 4.79 Å². The van der Waals surface area contributed by atoms with E-state index in [-0.39, 0.29) is 12.3 Å². The van der Waals surface area contributed by atoms with Crippen molar-refractivity contribution in [1.29, 1.82) is 0 Å². The van der Waals surface area contributed by atoms with Gasteiger partial charge in [0.05, 0.1) is 12.0 Å². The van der Waals surface area contributed by atoms with Crippen LogP contribution in [0, 0.1) is 11.8 Å². The quantitative estimate of drug-likeness (QED) is 0.812. The maximum Gasteiger partial charge on any atom is 0.417 e. The number of carbonyl (C=O) groups excluding carboxylic acids is 2. The molecule has 120 valence electrons. The Morgan fingerprint density at radius 2 is 1.86 bits per heavy atom. The lowest BCUT2D eigenvalue weighted by atomic mass is 9.91. The Morgan fingerprint density at radius 3 is 2.24 bits per heavy atom. The summed E-state index contributed by atoms with van der Waals surface area (Å²) in [5.74, 6) is -3.10. The third-order valence-electron chi connectivity index (χ3n) is 3.31. The van der Waals surface area contributed by atoms with E-state index in [9.17, 15) is 24.6 Å². The van der Waals surface area contributed by atoms with E-state index in [1.165, 1.54) is 0 Å². The van der Waals surface area contributed by atoms with Crippen LogP contribution in [0.3, 0.4) is 0 Å². The Balaban J connectivity index is 3.02. The normalized spacial score (nSPS) is 24.3. The van der Waals surface area contributed by atoms with Gasteiger partial charge in [0.1, 0.15) is 11.6 Å². The minimum atomic E-state index is -1.30. The monoisotopic (exact) mass is 301 g/mol. The van der Waals surface area contributed by atoms with Gasteiger partial charge < -0.3 is 14.9 Å². The summed E-state index contributed by atoms with van der Waals surface area (Å²) in [5.41, 5.74) is -0.838. The molecule has 0 radical (unpaired) electrons. The number of ether oxygens (including phenoxy) is 1. The third kappa shape index (κ3) is 3.93. The first-order valence-electron chi connectivity index (χ1n) is 6.92. The van der Waals surface area contributed by atoms with Crippen molar-refractivity contribution in [2.75, 3.05) is 0 Å². The first kappa shape index (κ1) is 17.4. The van der Waals surface area contributed by atoms with Crippen molar-refractivity contribution < 1.29 is 29.3 Å². The van der Waals surface area contributed by atoms with Crippen LogP contribution in [0.5, 0.6) is 0 Å². The number of aliphatic carboxylic acids is 1. The van der Waals surface area contributed by atoms with Crippen molar-refractivity contribution in [3.8, 4) is 0 Å². The maximum atomic E-state index is 12.3. The van der Waals surface area contributed by atoms with E-state index < -0.39 is 41.6 Å². The zero-order valence-electron chi connectivity index (χ0n) is 13.0. The minimum Gasteiger partial charge on any atom is -0.480 e. The van der Waals surface area contributed by atoms with Gasteiger partial charge >= 0.3 is 12.1 Å². The summed E-state index contributed by atoms with van der Waals surface area (Å²) in [6.45, 7) is 8.33. The number of hydrogen-bond donors (Lipinski definition) is 2. The second-order valence-corrected chi connectivity index (χ2v) is 6.62. The highest BCUT2D eigenvalue weighted by Gasteiger charge is 2.50. The van der Waals surface area contributed by atoms with Crippen LogP contribution in [0.1, 0.15) is 41.0 Å². The van der Waals surface area contributed by atoms with Crippen LogP contribution in [-0.4, -0.2) is 50.8 Å². The SMILES string of the molecule is CC(C)[C@H](O)C1CC(C(=O)O)N(C(=O)OC(C)(C)C)C1=O. The fraction of sp³-hybridized carbons (Fsp3) is 0.786. The Hall–Kier alpha value is -1.63. The molecule has 7 nitrogen and oxygen atoms in total. The lowest BCUT2D eigenvalue weighted by Gasteiger charge is -2.26. The fourth-order valence-electron chi connectivity index (χ4n) is 2.27. The summed E-state index contributed by atoms with van der Waals surface area (Å²) in [6.07, 6.45) is -2.09. The summed E-state index contributed by atoms with van der Waals surface area (Å²) in [7, 11) is 0. The third-order valence-corrected chi connectivity index (χ3v) is 3.31. The van der Waals surface area contributed by atoms with E-state index in [0.717, 1.165) is 0 Å². The molecular formula is C14H23NO6. The van der Waals surface area contributed by atoms with Gasteiger partial charge in [0.2, 0.25) is 5.91 Å². The molecule has 1 rings (SSSR count). The number of carbonyl (C=O) groups is 3. The lowest BCUT2D eigenvalue weighted by molar-refractivity contribution is -0.146. The zero-order chi connectivity index (χ0) is 16.5. The largest absolute Gasteiger partial charge is 0.480 e. The molecule has 1 fully saturated rings. The van der Waals surface area contributed by atoms with Gasteiger partial charge in [-0.15, -0.1) is 0 Å². The van der Waals surface area contributed by atoms with E-state index in [0.29, 0.717) is 4.90 Å². The van der Waals surface area contributed by atoms with E-state index >= 15 is 0 Å². The number of likely N-dealkylation sites (tertiary alicyclic amines) is 1. The van der Waals surface area contributed by atoms with Gasteiger partial charge in [0.15, 0.2) is 0 Å². The molecular weight excluding hydrogens is 278 g/mol. The van der Waals surface area contributed by atoms with E-state index in [1.54, 1.807) is 34.6 Å². The first-order valence-corrected chi connectivity index (χ1v) is 6.92. The molecule has 0 aliphatic carbocycles. The molecule has 2 N–H and O–H groups in total. The molecule has 1 aliphatic rings. The highest BCUT2D eigenvalue weighted by molar-refractivity contribution is 6.00. The van der Waals surface area contributed by atoms with Gasteiger partial charge in [-0.1, -0.05) is 13.8 Å².